The van der Waals surface area contributed by atoms with Gasteiger partial charge in [-0.2, -0.15) is 0 Å². The average Bonchev–Trinajstić information content (AvgIpc) is 3.19. The van der Waals surface area contributed by atoms with Crippen LogP contribution < -0.4 is 16.0 Å². The number of anilines is 2. The summed E-state index contributed by atoms with van der Waals surface area (Å²) in [6, 6.07) is 0. The second kappa shape index (κ2) is 6.48. The minimum absolute atomic E-state index is 0.0209. The van der Waals surface area contributed by atoms with Gasteiger partial charge in [0, 0.05) is 25.7 Å². The maximum atomic E-state index is 12.2. The molecule has 0 radical (unpaired) electrons. The quantitative estimate of drug-likeness (QED) is 0.812. The zero-order valence-corrected chi connectivity index (χ0v) is 13.5. The predicted molar refractivity (Wildman–Crippen MR) is 86.9 cm³/mol. The van der Waals surface area contributed by atoms with Crippen molar-refractivity contribution in [2.45, 2.75) is 45.4 Å². The van der Waals surface area contributed by atoms with Crippen LogP contribution in [0.3, 0.4) is 0 Å². The van der Waals surface area contributed by atoms with Gasteiger partial charge in [0.2, 0.25) is 0 Å². The van der Waals surface area contributed by atoms with E-state index in [1.54, 1.807) is 11.3 Å². The summed E-state index contributed by atoms with van der Waals surface area (Å²) in [7, 11) is 2.09. The number of nitrogens with one attached hydrogen (secondary N) is 1. The van der Waals surface area contributed by atoms with Gasteiger partial charge >= 0.3 is 0 Å². The summed E-state index contributed by atoms with van der Waals surface area (Å²) >= 11 is 1.55. The van der Waals surface area contributed by atoms with Gasteiger partial charge in [-0.1, -0.05) is 13.8 Å². The summed E-state index contributed by atoms with van der Waals surface area (Å²) in [5.41, 5.74) is 8.20. The van der Waals surface area contributed by atoms with E-state index in [4.69, 9.17) is 5.73 Å². The molecule has 0 bridgehead atoms. The zero-order valence-electron chi connectivity index (χ0n) is 12.7. The molecular weight excluding hydrogens is 270 g/mol. The summed E-state index contributed by atoms with van der Waals surface area (Å²) in [6.45, 7) is 5.91. The van der Waals surface area contributed by atoms with E-state index >= 15 is 0 Å². The third kappa shape index (κ3) is 3.08. The van der Waals surface area contributed by atoms with Crippen molar-refractivity contribution in [3.8, 4) is 0 Å². The SMILES string of the molecule is CCCNC(=O)c1sc(N(C)CCC)c(C2CC2)c1N. The third-order valence-corrected chi connectivity index (χ3v) is 4.93. The Morgan fingerprint density at radius 1 is 1.40 bits per heavy atom. The highest BCUT2D eigenvalue weighted by atomic mass is 32.1. The Bertz CT molecular complexity index is 480. The van der Waals surface area contributed by atoms with Crippen LogP contribution >= 0.6 is 11.3 Å². The molecule has 4 nitrogen and oxygen atoms in total. The number of carbonyl (C=O) groups is 1. The minimum atomic E-state index is -0.0209. The number of nitrogens with two attached hydrogens (primary N) is 1. The van der Waals surface area contributed by atoms with E-state index in [1.807, 2.05) is 6.92 Å². The van der Waals surface area contributed by atoms with Crippen LogP contribution in [0.2, 0.25) is 0 Å². The number of rotatable bonds is 7. The molecule has 0 spiro atoms. The van der Waals surface area contributed by atoms with Crippen molar-refractivity contribution in [2.24, 2.45) is 0 Å². The van der Waals surface area contributed by atoms with Crippen LogP contribution in [-0.4, -0.2) is 26.0 Å². The molecular formula is C15H25N3OS. The lowest BCUT2D eigenvalue weighted by Gasteiger charge is -2.18. The molecule has 0 atom stereocenters. The fourth-order valence-electron chi connectivity index (χ4n) is 2.42. The topological polar surface area (TPSA) is 58.4 Å². The van der Waals surface area contributed by atoms with Gasteiger partial charge in [-0.05, 0) is 31.6 Å². The van der Waals surface area contributed by atoms with Gasteiger partial charge in [0.15, 0.2) is 0 Å². The molecule has 2 rings (SSSR count). The Morgan fingerprint density at radius 2 is 2.10 bits per heavy atom. The molecule has 1 aromatic rings. The standard InChI is InChI=1S/C15H25N3OS/c1-4-8-17-14(19)13-12(16)11(10-6-7-10)15(20-13)18(3)9-5-2/h10H,4-9,16H2,1-3H3,(H,17,19). The van der Waals surface area contributed by atoms with Gasteiger partial charge in [0.05, 0.1) is 10.7 Å². The normalized spacial score (nSPS) is 14.3. The van der Waals surface area contributed by atoms with Gasteiger partial charge in [0.25, 0.3) is 5.91 Å². The molecule has 1 saturated carbocycles. The highest BCUT2D eigenvalue weighted by molar-refractivity contribution is 7.18. The zero-order chi connectivity index (χ0) is 14.7. The van der Waals surface area contributed by atoms with E-state index in [1.165, 1.54) is 23.4 Å². The van der Waals surface area contributed by atoms with E-state index in [2.05, 4.69) is 24.2 Å². The molecule has 1 aromatic heterocycles. The number of carbonyl (C=O) groups excluding carboxylic acids is 1. The van der Waals surface area contributed by atoms with Gasteiger partial charge in [-0.25, -0.2) is 0 Å². The lowest BCUT2D eigenvalue weighted by atomic mass is 10.1. The summed E-state index contributed by atoms with van der Waals surface area (Å²) < 4.78 is 0. The van der Waals surface area contributed by atoms with Crippen molar-refractivity contribution in [3.63, 3.8) is 0 Å². The maximum absolute atomic E-state index is 12.2. The number of hydrogen-bond acceptors (Lipinski definition) is 4. The van der Waals surface area contributed by atoms with Crippen molar-refractivity contribution in [1.82, 2.24) is 5.32 Å². The number of amides is 1. The number of nitrogens with zero attached hydrogens (tertiary/aromatic N) is 1. The highest BCUT2D eigenvalue weighted by Gasteiger charge is 2.33. The predicted octanol–water partition coefficient (Wildman–Crippen LogP) is 3.19. The number of thiophene rings is 1. The Hall–Kier alpha value is -1.23. The smallest absolute Gasteiger partial charge is 0.263 e. The molecule has 0 aliphatic heterocycles. The summed E-state index contributed by atoms with van der Waals surface area (Å²) in [6.07, 6.45) is 4.43. The van der Waals surface area contributed by atoms with E-state index in [0.717, 1.165) is 19.4 Å². The number of hydrogen-bond donors (Lipinski definition) is 2. The van der Waals surface area contributed by atoms with Crippen LogP contribution in [0.4, 0.5) is 10.7 Å². The average molecular weight is 295 g/mol. The first-order valence-electron chi connectivity index (χ1n) is 7.51. The minimum Gasteiger partial charge on any atom is -0.397 e. The molecule has 1 aliphatic carbocycles. The molecule has 1 heterocycles. The monoisotopic (exact) mass is 295 g/mol. The van der Waals surface area contributed by atoms with Crippen LogP contribution in [0.1, 0.15) is 60.7 Å². The van der Waals surface area contributed by atoms with E-state index in [0.29, 0.717) is 23.0 Å². The first-order chi connectivity index (χ1) is 9.60. The van der Waals surface area contributed by atoms with Crippen LogP contribution in [0, 0.1) is 0 Å². The van der Waals surface area contributed by atoms with Crippen LogP contribution in [0.25, 0.3) is 0 Å². The van der Waals surface area contributed by atoms with Crippen LogP contribution in [0.15, 0.2) is 0 Å². The van der Waals surface area contributed by atoms with Crippen molar-refractivity contribution >= 4 is 27.9 Å². The van der Waals surface area contributed by atoms with Gasteiger partial charge in [0.1, 0.15) is 4.88 Å². The Kier molecular flexibility index (Phi) is 4.91. The molecule has 5 heteroatoms. The molecule has 3 N–H and O–H groups in total. The summed E-state index contributed by atoms with van der Waals surface area (Å²) in [5, 5.41) is 4.12. The first-order valence-corrected chi connectivity index (χ1v) is 8.33. The second-order valence-electron chi connectivity index (χ2n) is 5.52. The molecule has 1 aliphatic rings. The summed E-state index contributed by atoms with van der Waals surface area (Å²) in [4.78, 5) is 15.1. The molecule has 20 heavy (non-hydrogen) atoms. The third-order valence-electron chi connectivity index (χ3n) is 3.60. The number of nitrogen functional groups attached to an aromatic ring is 1. The van der Waals surface area contributed by atoms with Crippen LogP contribution in [-0.2, 0) is 0 Å². The summed E-state index contributed by atoms with van der Waals surface area (Å²) in [5.74, 6) is 0.542. The fraction of sp³-hybridized carbons (Fsp3) is 0.667. The molecule has 0 aromatic carbocycles. The lowest BCUT2D eigenvalue weighted by molar-refractivity contribution is 0.0958. The van der Waals surface area contributed by atoms with Crippen molar-refractivity contribution in [2.75, 3.05) is 30.8 Å². The van der Waals surface area contributed by atoms with Gasteiger partial charge in [-0.3, -0.25) is 4.79 Å². The lowest BCUT2D eigenvalue weighted by Crippen LogP contribution is -2.23. The van der Waals surface area contributed by atoms with Crippen molar-refractivity contribution in [3.05, 3.63) is 10.4 Å². The Morgan fingerprint density at radius 3 is 2.65 bits per heavy atom. The fourth-order valence-corrected chi connectivity index (χ4v) is 3.63. The van der Waals surface area contributed by atoms with Crippen LogP contribution in [0.5, 0.6) is 0 Å². The van der Waals surface area contributed by atoms with E-state index in [9.17, 15) is 4.79 Å². The molecule has 0 unspecified atom stereocenters. The Labute approximate surface area is 125 Å². The maximum Gasteiger partial charge on any atom is 0.263 e. The first kappa shape index (κ1) is 15.2. The Balaban J connectivity index is 2.29. The molecule has 1 fully saturated rings. The van der Waals surface area contributed by atoms with E-state index < -0.39 is 0 Å². The van der Waals surface area contributed by atoms with Crippen molar-refractivity contribution in [1.29, 1.82) is 0 Å². The largest absolute Gasteiger partial charge is 0.397 e. The molecule has 112 valence electrons. The second-order valence-corrected chi connectivity index (χ2v) is 6.51. The van der Waals surface area contributed by atoms with Crippen molar-refractivity contribution < 1.29 is 4.79 Å². The molecule has 0 saturated heterocycles. The highest BCUT2D eigenvalue weighted by Crippen LogP contribution is 2.51. The van der Waals surface area contributed by atoms with E-state index in [-0.39, 0.29) is 5.91 Å². The molecule has 1 amide bonds. The van der Waals surface area contributed by atoms with Gasteiger partial charge < -0.3 is 16.0 Å². The van der Waals surface area contributed by atoms with Gasteiger partial charge in [-0.15, -0.1) is 11.3 Å².